The Labute approximate surface area is 227 Å². The van der Waals surface area contributed by atoms with Crippen molar-refractivity contribution in [3.05, 3.63) is 65.4 Å². The third-order valence-electron chi connectivity index (χ3n) is 7.28. The molecule has 0 atom stereocenters. The molecular formula is C28H32F2N4O4S. The topological polar surface area (TPSA) is 84.7 Å². The second-order valence-corrected chi connectivity index (χ2v) is 11.9. The number of ether oxygens (including phenoxy) is 1. The molecule has 1 fully saturated rings. The van der Waals surface area contributed by atoms with Gasteiger partial charge in [0, 0.05) is 37.2 Å². The van der Waals surface area contributed by atoms with Crippen molar-refractivity contribution in [2.45, 2.75) is 43.4 Å². The molecule has 0 unspecified atom stereocenters. The Bertz CT molecular complexity index is 1480. The van der Waals surface area contributed by atoms with Crippen LogP contribution in [0.3, 0.4) is 0 Å². The minimum atomic E-state index is -3.68. The van der Waals surface area contributed by atoms with E-state index in [0.29, 0.717) is 61.9 Å². The Morgan fingerprint density at radius 1 is 1.10 bits per heavy atom. The SMILES string of the molecule is CCN(Cc1cccc(-n2nc(C(=O)N3CCOCC3)c3c2-c2ccccc2S(=O)(=O)C3)c1)CC(F)(F)CC. The maximum Gasteiger partial charge on any atom is 0.274 e. The standard InChI is InChI=1S/C28H32F2N4O4S/c1-3-28(29,30)19-32(4-2)17-20-8-7-9-21(16-20)34-26-22-10-5-6-11-24(22)39(36,37)18-23(26)25(31-34)27(35)33-12-14-38-15-13-33/h5-11,16H,3-4,12-15,17-19H2,1-2H3. The molecule has 2 aliphatic rings. The van der Waals surface area contributed by atoms with Crippen LogP contribution in [0.25, 0.3) is 16.9 Å². The van der Waals surface area contributed by atoms with E-state index in [1.54, 1.807) is 38.7 Å². The summed E-state index contributed by atoms with van der Waals surface area (Å²) in [5.74, 6) is -3.45. The van der Waals surface area contributed by atoms with Crippen molar-refractivity contribution < 1.29 is 26.7 Å². The molecule has 2 aliphatic heterocycles. The third kappa shape index (κ3) is 5.48. The summed E-state index contributed by atoms with van der Waals surface area (Å²) in [6.45, 7) is 5.36. The van der Waals surface area contributed by atoms with Crippen LogP contribution in [-0.2, 0) is 26.9 Å². The number of alkyl halides is 2. The van der Waals surface area contributed by atoms with E-state index in [-0.39, 0.29) is 35.2 Å². The van der Waals surface area contributed by atoms with E-state index in [0.717, 1.165) is 5.56 Å². The van der Waals surface area contributed by atoms with Crippen LogP contribution in [0.4, 0.5) is 8.78 Å². The highest BCUT2D eigenvalue weighted by atomic mass is 32.2. The average Bonchev–Trinajstić information content (AvgIpc) is 3.31. The molecule has 0 aliphatic carbocycles. The van der Waals surface area contributed by atoms with E-state index in [4.69, 9.17) is 9.84 Å². The molecule has 5 rings (SSSR count). The molecule has 8 nitrogen and oxygen atoms in total. The van der Waals surface area contributed by atoms with Crippen LogP contribution >= 0.6 is 0 Å². The summed E-state index contributed by atoms with van der Waals surface area (Å²) in [4.78, 5) is 17.1. The zero-order valence-electron chi connectivity index (χ0n) is 22.1. The normalized spacial score (nSPS) is 16.7. The number of fused-ring (bicyclic) bond motifs is 3. The second kappa shape index (κ2) is 10.8. The number of amides is 1. The number of halogens is 2. The number of hydrogen-bond donors (Lipinski definition) is 0. The molecule has 1 saturated heterocycles. The monoisotopic (exact) mass is 558 g/mol. The van der Waals surface area contributed by atoms with Crippen molar-refractivity contribution in [3.8, 4) is 16.9 Å². The molecular weight excluding hydrogens is 526 g/mol. The lowest BCUT2D eigenvalue weighted by molar-refractivity contribution is -0.0360. The highest BCUT2D eigenvalue weighted by Crippen LogP contribution is 2.41. The first-order valence-corrected chi connectivity index (χ1v) is 14.8. The van der Waals surface area contributed by atoms with Gasteiger partial charge in [0.25, 0.3) is 11.8 Å². The minimum Gasteiger partial charge on any atom is -0.378 e. The van der Waals surface area contributed by atoms with Gasteiger partial charge in [-0.3, -0.25) is 9.69 Å². The Morgan fingerprint density at radius 2 is 1.85 bits per heavy atom. The molecule has 3 heterocycles. The molecule has 11 heteroatoms. The van der Waals surface area contributed by atoms with Crippen LogP contribution in [0.2, 0.25) is 0 Å². The lowest BCUT2D eigenvalue weighted by Crippen LogP contribution is -2.41. The van der Waals surface area contributed by atoms with E-state index in [9.17, 15) is 22.0 Å². The Hall–Kier alpha value is -3.15. The van der Waals surface area contributed by atoms with E-state index >= 15 is 0 Å². The molecule has 0 saturated carbocycles. The van der Waals surface area contributed by atoms with Crippen molar-refractivity contribution in [2.75, 3.05) is 39.4 Å². The lowest BCUT2D eigenvalue weighted by atomic mass is 10.0. The molecule has 1 aromatic heterocycles. The van der Waals surface area contributed by atoms with Crippen LogP contribution in [0.1, 0.15) is 41.9 Å². The highest BCUT2D eigenvalue weighted by Gasteiger charge is 2.37. The maximum atomic E-state index is 14.1. The van der Waals surface area contributed by atoms with Gasteiger partial charge in [-0.1, -0.05) is 44.2 Å². The summed E-state index contributed by atoms with van der Waals surface area (Å²) in [6.07, 6.45) is -0.231. The van der Waals surface area contributed by atoms with E-state index in [1.165, 1.54) is 6.92 Å². The molecule has 39 heavy (non-hydrogen) atoms. The quantitative estimate of drug-likeness (QED) is 0.413. The van der Waals surface area contributed by atoms with Crippen molar-refractivity contribution in [3.63, 3.8) is 0 Å². The van der Waals surface area contributed by atoms with Gasteiger partial charge in [-0.05, 0) is 30.3 Å². The number of sulfone groups is 1. The fourth-order valence-electron chi connectivity index (χ4n) is 5.10. The minimum absolute atomic E-state index is 0.105. The van der Waals surface area contributed by atoms with Crippen LogP contribution in [0.15, 0.2) is 53.4 Å². The van der Waals surface area contributed by atoms with Gasteiger partial charge in [-0.15, -0.1) is 0 Å². The number of nitrogens with zero attached hydrogens (tertiary/aromatic N) is 4. The number of hydrogen-bond acceptors (Lipinski definition) is 6. The second-order valence-electron chi connectivity index (χ2n) is 9.93. The fraction of sp³-hybridized carbons (Fsp3) is 0.429. The Balaban J connectivity index is 1.60. The van der Waals surface area contributed by atoms with Gasteiger partial charge in [-0.2, -0.15) is 5.10 Å². The number of morpholine rings is 1. The number of benzene rings is 2. The third-order valence-corrected chi connectivity index (χ3v) is 8.97. The van der Waals surface area contributed by atoms with Crippen molar-refractivity contribution in [2.24, 2.45) is 0 Å². The molecule has 0 N–H and O–H groups in total. The number of rotatable bonds is 8. The first-order valence-electron chi connectivity index (χ1n) is 13.1. The molecule has 0 spiro atoms. The summed E-state index contributed by atoms with van der Waals surface area (Å²) in [6, 6.07) is 14.1. The van der Waals surface area contributed by atoms with Gasteiger partial charge in [0.1, 0.15) is 0 Å². The van der Waals surface area contributed by atoms with Gasteiger partial charge in [0.2, 0.25) is 0 Å². The van der Waals surface area contributed by atoms with Gasteiger partial charge in [0.05, 0.1) is 41.8 Å². The van der Waals surface area contributed by atoms with Gasteiger partial charge >= 0.3 is 0 Å². The zero-order chi connectivity index (χ0) is 27.8. The van der Waals surface area contributed by atoms with Gasteiger partial charge < -0.3 is 9.64 Å². The molecule has 0 radical (unpaired) electrons. The first-order chi connectivity index (χ1) is 18.6. The highest BCUT2D eigenvalue weighted by molar-refractivity contribution is 7.90. The zero-order valence-corrected chi connectivity index (χ0v) is 22.9. The Kier molecular flexibility index (Phi) is 7.58. The smallest absolute Gasteiger partial charge is 0.274 e. The molecule has 1 amide bonds. The summed E-state index contributed by atoms with van der Waals surface area (Å²) >= 11 is 0. The van der Waals surface area contributed by atoms with Crippen LogP contribution in [0.5, 0.6) is 0 Å². The Morgan fingerprint density at radius 3 is 2.56 bits per heavy atom. The van der Waals surface area contributed by atoms with Crippen molar-refractivity contribution in [1.29, 1.82) is 0 Å². The predicted molar refractivity (Wildman–Crippen MR) is 143 cm³/mol. The number of carbonyl (C=O) groups is 1. The largest absolute Gasteiger partial charge is 0.378 e. The predicted octanol–water partition coefficient (Wildman–Crippen LogP) is 4.17. The summed E-state index contributed by atoms with van der Waals surface area (Å²) in [7, 11) is -3.68. The molecule has 0 bridgehead atoms. The summed E-state index contributed by atoms with van der Waals surface area (Å²) in [5.41, 5.74) is 2.94. The molecule has 3 aromatic rings. The van der Waals surface area contributed by atoms with Crippen LogP contribution in [-0.4, -0.2) is 79.2 Å². The first kappa shape index (κ1) is 27.4. The number of aromatic nitrogens is 2. The average molecular weight is 559 g/mol. The van der Waals surface area contributed by atoms with Crippen LogP contribution in [0, 0.1) is 0 Å². The summed E-state index contributed by atoms with van der Waals surface area (Å²) < 4.78 is 61.7. The van der Waals surface area contributed by atoms with Gasteiger partial charge in [0.15, 0.2) is 15.5 Å². The molecule has 208 valence electrons. The van der Waals surface area contributed by atoms with E-state index < -0.39 is 15.8 Å². The summed E-state index contributed by atoms with van der Waals surface area (Å²) in [5, 5.41) is 4.70. The number of carbonyl (C=O) groups excluding carboxylic acids is 1. The van der Waals surface area contributed by atoms with Crippen LogP contribution < -0.4 is 0 Å². The van der Waals surface area contributed by atoms with Gasteiger partial charge in [-0.25, -0.2) is 21.9 Å². The van der Waals surface area contributed by atoms with Crippen molar-refractivity contribution >= 4 is 15.7 Å². The maximum absolute atomic E-state index is 14.1. The van der Waals surface area contributed by atoms with Crippen molar-refractivity contribution in [1.82, 2.24) is 19.6 Å². The van der Waals surface area contributed by atoms with E-state index in [2.05, 4.69) is 0 Å². The molecule has 2 aromatic carbocycles. The van der Waals surface area contributed by atoms with E-state index in [1.807, 2.05) is 31.2 Å². The lowest BCUT2D eigenvalue weighted by Gasteiger charge is -2.26. The fourth-order valence-corrected chi connectivity index (χ4v) is 6.70.